The van der Waals surface area contributed by atoms with Crippen molar-refractivity contribution in [1.82, 2.24) is 4.98 Å². The van der Waals surface area contributed by atoms with Gasteiger partial charge in [-0.15, -0.1) is 0 Å². The molecular formula is C26H32N2O. The minimum Gasteiger partial charge on any atom is -0.507 e. The predicted molar refractivity (Wildman–Crippen MR) is 123 cm³/mol. The third-order valence-electron chi connectivity index (χ3n) is 5.38. The number of aromatic nitrogens is 1. The number of rotatable bonds is 6. The molecule has 0 bridgehead atoms. The number of phenolic OH excluding ortho intramolecular Hbond substituents is 1. The van der Waals surface area contributed by atoms with E-state index in [1.807, 2.05) is 36.4 Å². The van der Waals surface area contributed by atoms with Crippen molar-refractivity contribution >= 4 is 5.69 Å². The molecule has 0 atom stereocenters. The average molecular weight is 389 g/mol. The van der Waals surface area contributed by atoms with Crippen LogP contribution >= 0.6 is 0 Å². The minimum absolute atomic E-state index is 0.246. The molecule has 1 heterocycles. The van der Waals surface area contributed by atoms with Crippen molar-refractivity contribution in [3.05, 3.63) is 77.5 Å². The van der Waals surface area contributed by atoms with E-state index in [4.69, 9.17) is 4.98 Å². The molecule has 0 saturated heterocycles. The Bertz CT molecular complexity index is 963. The maximum absolute atomic E-state index is 10.2. The summed E-state index contributed by atoms with van der Waals surface area (Å²) < 4.78 is 0. The van der Waals surface area contributed by atoms with E-state index in [-0.39, 0.29) is 11.3 Å². The van der Waals surface area contributed by atoms with Crippen LogP contribution in [0.5, 0.6) is 5.75 Å². The molecule has 152 valence electrons. The zero-order valence-electron chi connectivity index (χ0n) is 18.3. The summed E-state index contributed by atoms with van der Waals surface area (Å²) in [5, 5.41) is 14.0. The van der Waals surface area contributed by atoms with Crippen molar-refractivity contribution < 1.29 is 5.11 Å². The van der Waals surface area contributed by atoms with Crippen molar-refractivity contribution in [2.24, 2.45) is 0 Å². The molecule has 3 rings (SSSR count). The number of nitrogens with one attached hydrogen (secondary N) is 1. The van der Waals surface area contributed by atoms with Crippen LogP contribution in [0.3, 0.4) is 0 Å². The Labute approximate surface area is 174 Å². The van der Waals surface area contributed by atoms with Crippen LogP contribution in [0.2, 0.25) is 0 Å². The Morgan fingerprint density at radius 1 is 0.793 bits per heavy atom. The van der Waals surface area contributed by atoms with Gasteiger partial charge < -0.3 is 10.4 Å². The quantitative estimate of drug-likeness (QED) is 0.475. The average Bonchev–Trinajstić information content (AvgIpc) is 2.68. The van der Waals surface area contributed by atoms with Gasteiger partial charge in [0.15, 0.2) is 0 Å². The van der Waals surface area contributed by atoms with Crippen LogP contribution in [0.4, 0.5) is 5.69 Å². The lowest BCUT2D eigenvalue weighted by Crippen LogP contribution is -2.30. The first-order valence-corrected chi connectivity index (χ1v) is 10.4. The van der Waals surface area contributed by atoms with Crippen molar-refractivity contribution in [3.63, 3.8) is 0 Å². The van der Waals surface area contributed by atoms with Gasteiger partial charge >= 0.3 is 0 Å². The molecule has 0 aliphatic carbocycles. The summed E-state index contributed by atoms with van der Waals surface area (Å²) in [5.41, 5.74) is 5.92. The highest BCUT2D eigenvalue weighted by molar-refractivity contribution is 5.67. The third kappa shape index (κ3) is 4.45. The van der Waals surface area contributed by atoms with E-state index in [2.05, 4.69) is 65.1 Å². The lowest BCUT2D eigenvalue weighted by atomic mass is 9.90. The van der Waals surface area contributed by atoms with Gasteiger partial charge in [0.2, 0.25) is 0 Å². The topological polar surface area (TPSA) is 45.1 Å². The van der Waals surface area contributed by atoms with Gasteiger partial charge in [0, 0.05) is 11.3 Å². The van der Waals surface area contributed by atoms with E-state index < -0.39 is 0 Å². The molecule has 2 aromatic carbocycles. The first kappa shape index (κ1) is 20.9. The second-order valence-corrected chi connectivity index (χ2v) is 8.80. The summed E-state index contributed by atoms with van der Waals surface area (Å²) in [6, 6.07) is 19.9. The van der Waals surface area contributed by atoms with Gasteiger partial charge in [-0.25, -0.2) is 0 Å². The Balaban J connectivity index is 2.04. The zero-order valence-corrected chi connectivity index (χ0v) is 18.3. The van der Waals surface area contributed by atoms with Gasteiger partial charge in [-0.3, -0.25) is 4.98 Å². The minimum atomic E-state index is -0.380. The number of hydrogen-bond acceptors (Lipinski definition) is 3. The smallest absolute Gasteiger partial charge is 0.124 e. The van der Waals surface area contributed by atoms with E-state index in [1.165, 1.54) is 16.8 Å². The van der Waals surface area contributed by atoms with Crippen LogP contribution in [0, 0.1) is 0 Å². The number of benzene rings is 2. The third-order valence-corrected chi connectivity index (χ3v) is 5.38. The number of para-hydroxylation sites is 2. The van der Waals surface area contributed by atoms with Crippen molar-refractivity contribution in [3.8, 4) is 17.0 Å². The molecule has 3 nitrogen and oxygen atoms in total. The molecule has 1 aromatic heterocycles. The fourth-order valence-electron chi connectivity index (χ4n) is 3.69. The second kappa shape index (κ2) is 8.28. The van der Waals surface area contributed by atoms with Crippen LogP contribution in [0.15, 0.2) is 60.7 Å². The number of hydrogen-bond donors (Lipinski definition) is 2. The normalized spacial score (nSPS) is 11.9. The predicted octanol–water partition coefficient (Wildman–Crippen LogP) is 7.05. The Morgan fingerprint density at radius 2 is 1.38 bits per heavy atom. The number of nitrogens with zero attached hydrogens (tertiary/aromatic N) is 1. The van der Waals surface area contributed by atoms with E-state index in [1.54, 1.807) is 6.07 Å². The van der Waals surface area contributed by atoms with Crippen LogP contribution in [0.25, 0.3) is 11.3 Å². The van der Waals surface area contributed by atoms with E-state index in [9.17, 15) is 5.11 Å². The summed E-state index contributed by atoms with van der Waals surface area (Å²) >= 11 is 0. The molecule has 3 heteroatoms. The molecule has 3 aromatic rings. The largest absolute Gasteiger partial charge is 0.507 e. The van der Waals surface area contributed by atoms with Gasteiger partial charge in [0.25, 0.3) is 0 Å². The van der Waals surface area contributed by atoms with E-state index in [0.717, 1.165) is 17.0 Å². The Morgan fingerprint density at radius 3 is 1.97 bits per heavy atom. The summed E-state index contributed by atoms with van der Waals surface area (Å²) in [7, 11) is 0. The molecule has 29 heavy (non-hydrogen) atoms. The summed E-state index contributed by atoms with van der Waals surface area (Å²) in [6.07, 6.45) is 0. The van der Waals surface area contributed by atoms with Crippen LogP contribution in [0.1, 0.15) is 70.2 Å². The highest BCUT2D eigenvalue weighted by atomic mass is 16.3. The fourth-order valence-corrected chi connectivity index (χ4v) is 3.69. The Hall–Kier alpha value is -2.81. The van der Waals surface area contributed by atoms with Crippen LogP contribution in [-0.2, 0) is 5.54 Å². The van der Waals surface area contributed by atoms with Gasteiger partial charge in [-0.2, -0.15) is 0 Å². The summed E-state index contributed by atoms with van der Waals surface area (Å²) in [5.74, 6) is 1.09. The molecule has 0 amide bonds. The van der Waals surface area contributed by atoms with Gasteiger partial charge in [0.05, 0.1) is 16.9 Å². The maximum atomic E-state index is 10.2. The van der Waals surface area contributed by atoms with Gasteiger partial charge in [-0.05, 0) is 61.1 Å². The first-order chi connectivity index (χ1) is 13.7. The van der Waals surface area contributed by atoms with Crippen LogP contribution in [-0.4, -0.2) is 10.1 Å². The van der Waals surface area contributed by atoms with Gasteiger partial charge in [-0.1, -0.05) is 64.1 Å². The SMILES string of the molecule is CC(C)c1cccc(C(C)C)c1NC(C)(C)c1cccc(-c2ccccc2O)n1. The number of pyridine rings is 1. The standard InChI is InChI=1S/C26H32N2O/c1-17(2)19-12-9-13-20(18(3)4)25(19)28-26(5,6)24-16-10-14-22(27-24)21-11-7-8-15-23(21)29/h7-18,28-29H,1-6H3. The van der Waals surface area contributed by atoms with Crippen molar-refractivity contribution in [1.29, 1.82) is 0 Å². The second-order valence-electron chi connectivity index (χ2n) is 8.80. The molecular weight excluding hydrogens is 356 g/mol. The lowest BCUT2D eigenvalue weighted by molar-refractivity contribution is 0.477. The molecule has 0 saturated carbocycles. The zero-order chi connectivity index (χ0) is 21.2. The number of anilines is 1. The molecule has 0 fully saturated rings. The first-order valence-electron chi connectivity index (χ1n) is 10.4. The number of phenols is 1. The molecule has 0 aliphatic rings. The number of aromatic hydroxyl groups is 1. The van der Waals surface area contributed by atoms with Crippen LogP contribution < -0.4 is 5.32 Å². The molecule has 0 radical (unpaired) electrons. The van der Waals surface area contributed by atoms with Crippen molar-refractivity contribution in [2.45, 2.75) is 58.9 Å². The highest BCUT2D eigenvalue weighted by Crippen LogP contribution is 2.37. The maximum Gasteiger partial charge on any atom is 0.124 e. The monoisotopic (exact) mass is 388 g/mol. The van der Waals surface area contributed by atoms with Crippen molar-refractivity contribution in [2.75, 3.05) is 5.32 Å². The molecule has 0 spiro atoms. The molecule has 2 N–H and O–H groups in total. The fraction of sp³-hybridized carbons (Fsp3) is 0.346. The Kier molecular flexibility index (Phi) is 5.97. The van der Waals surface area contributed by atoms with E-state index in [0.29, 0.717) is 11.8 Å². The van der Waals surface area contributed by atoms with E-state index >= 15 is 0 Å². The van der Waals surface area contributed by atoms with Gasteiger partial charge in [0.1, 0.15) is 5.75 Å². The summed E-state index contributed by atoms with van der Waals surface area (Å²) in [4.78, 5) is 4.90. The molecule has 0 unspecified atom stereocenters. The summed E-state index contributed by atoms with van der Waals surface area (Å²) in [6.45, 7) is 13.2. The lowest BCUT2D eigenvalue weighted by Gasteiger charge is -2.31. The molecule has 0 aliphatic heterocycles. The highest BCUT2D eigenvalue weighted by Gasteiger charge is 2.26.